The van der Waals surface area contributed by atoms with Gasteiger partial charge in [0.25, 0.3) is 0 Å². The van der Waals surface area contributed by atoms with Crippen molar-refractivity contribution in [3.05, 3.63) is 101 Å². The maximum Gasteiger partial charge on any atom is 0.247 e. The first-order valence-electron chi connectivity index (χ1n) is 12.1. The highest BCUT2D eigenvalue weighted by molar-refractivity contribution is 6.31. The highest BCUT2D eigenvalue weighted by atomic mass is 35.5. The van der Waals surface area contributed by atoms with Crippen molar-refractivity contribution in [1.82, 2.24) is 30.4 Å². The van der Waals surface area contributed by atoms with Crippen molar-refractivity contribution in [3.63, 3.8) is 0 Å². The van der Waals surface area contributed by atoms with Crippen molar-refractivity contribution in [1.29, 1.82) is 0 Å². The minimum atomic E-state index is -0.701. The fourth-order valence-electron chi connectivity index (χ4n) is 3.97. The summed E-state index contributed by atoms with van der Waals surface area (Å²) in [4.78, 5) is 29.6. The Morgan fingerprint density at radius 1 is 1.00 bits per heavy atom. The highest BCUT2D eigenvalue weighted by Gasteiger charge is 2.29. The number of rotatable bonds is 10. The molecule has 0 aliphatic heterocycles. The third kappa shape index (κ3) is 6.80. The normalized spacial score (nSPS) is 11.6. The topological polar surface area (TPSA) is 93.0 Å². The van der Waals surface area contributed by atoms with Gasteiger partial charge in [0.15, 0.2) is 0 Å². The Balaban J connectivity index is 1.54. The zero-order valence-corrected chi connectivity index (χ0v) is 21.6. The summed E-state index contributed by atoms with van der Waals surface area (Å²) >= 11 is 6.41. The van der Waals surface area contributed by atoms with Gasteiger partial charge in [-0.25, -0.2) is 0 Å². The summed E-state index contributed by atoms with van der Waals surface area (Å²) in [6.07, 6.45) is 0.427. The number of hydrogen-bond acceptors (Lipinski definition) is 5. The molecule has 4 aromatic rings. The number of hydrogen-bond donors (Lipinski definition) is 1. The van der Waals surface area contributed by atoms with Crippen LogP contribution in [0.25, 0.3) is 11.4 Å². The van der Waals surface area contributed by atoms with E-state index in [2.05, 4.69) is 20.7 Å². The second-order valence-corrected chi connectivity index (χ2v) is 9.16. The van der Waals surface area contributed by atoms with Crippen LogP contribution in [0.4, 0.5) is 0 Å². The average Bonchev–Trinajstić information content (AvgIpc) is 3.37. The number of nitrogens with one attached hydrogen (secondary N) is 1. The summed E-state index contributed by atoms with van der Waals surface area (Å²) in [5, 5.41) is 16.0. The van der Waals surface area contributed by atoms with Gasteiger partial charge in [-0.3, -0.25) is 9.59 Å². The molecule has 1 heterocycles. The number of benzene rings is 3. The van der Waals surface area contributed by atoms with Crippen molar-refractivity contribution >= 4 is 23.4 Å². The fraction of sp³-hybridized carbons (Fsp3) is 0.250. The molecular weight excluding hydrogens is 488 g/mol. The molecule has 9 heteroatoms. The summed E-state index contributed by atoms with van der Waals surface area (Å²) in [5.74, 6) is -0.119. The van der Waals surface area contributed by atoms with Crippen molar-refractivity contribution in [2.45, 2.75) is 45.9 Å². The van der Waals surface area contributed by atoms with E-state index in [1.807, 2.05) is 86.6 Å². The molecule has 0 aliphatic rings. The molecule has 3 aromatic carbocycles. The Morgan fingerprint density at radius 3 is 2.41 bits per heavy atom. The van der Waals surface area contributed by atoms with Gasteiger partial charge in [0.05, 0.1) is 0 Å². The van der Waals surface area contributed by atoms with Crippen LogP contribution in [-0.2, 0) is 29.2 Å². The molecule has 0 bridgehead atoms. The van der Waals surface area contributed by atoms with Crippen molar-refractivity contribution < 1.29 is 9.59 Å². The van der Waals surface area contributed by atoms with E-state index in [1.165, 1.54) is 9.70 Å². The Labute approximate surface area is 221 Å². The minimum absolute atomic E-state index is 0.161. The Hall–Kier alpha value is -4.04. The smallest absolute Gasteiger partial charge is 0.247 e. The number of carbonyl (C=O) groups excluding carboxylic acids is 2. The van der Waals surface area contributed by atoms with Crippen LogP contribution in [0.1, 0.15) is 30.0 Å². The maximum absolute atomic E-state index is 13.6. The predicted molar refractivity (Wildman–Crippen MR) is 142 cm³/mol. The average molecular weight is 517 g/mol. The van der Waals surface area contributed by atoms with E-state index in [-0.39, 0.29) is 24.9 Å². The Bertz CT molecular complexity index is 1340. The van der Waals surface area contributed by atoms with Crippen LogP contribution in [0.5, 0.6) is 0 Å². The molecule has 1 atom stereocenters. The summed E-state index contributed by atoms with van der Waals surface area (Å²) in [5.41, 5.74) is 3.66. The molecule has 0 aliphatic carbocycles. The molecule has 37 heavy (non-hydrogen) atoms. The van der Waals surface area contributed by atoms with Crippen LogP contribution in [0, 0.1) is 6.92 Å². The van der Waals surface area contributed by atoms with E-state index in [1.54, 1.807) is 6.07 Å². The van der Waals surface area contributed by atoms with Gasteiger partial charge in [-0.1, -0.05) is 96.9 Å². The molecule has 0 unspecified atom stereocenters. The van der Waals surface area contributed by atoms with E-state index in [0.717, 1.165) is 22.3 Å². The Kier molecular flexibility index (Phi) is 8.64. The quantitative estimate of drug-likeness (QED) is 0.336. The van der Waals surface area contributed by atoms with Crippen LogP contribution in [0.15, 0.2) is 78.9 Å². The minimum Gasteiger partial charge on any atom is -0.350 e. The van der Waals surface area contributed by atoms with Crippen LogP contribution < -0.4 is 5.32 Å². The van der Waals surface area contributed by atoms with Crippen molar-refractivity contribution in [3.8, 4) is 11.4 Å². The molecule has 0 saturated heterocycles. The zero-order chi connectivity index (χ0) is 26.2. The van der Waals surface area contributed by atoms with Gasteiger partial charge in [-0.15, -0.1) is 10.2 Å². The van der Waals surface area contributed by atoms with Gasteiger partial charge in [0.2, 0.25) is 17.6 Å². The third-order valence-electron chi connectivity index (χ3n) is 6.03. The lowest BCUT2D eigenvalue weighted by Crippen LogP contribution is -2.49. The van der Waals surface area contributed by atoms with Gasteiger partial charge >= 0.3 is 0 Å². The van der Waals surface area contributed by atoms with Crippen LogP contribution >= 0.6 is 11.6 Å². The number of aryl methyl sites for hydroxylation is 1. The SMILES string of the molecule is CC[C@H](C(=O)NCc1ccccc1)N(Cc1ccccc1Cl)C(=O)Cn1nnc(-c2ccc(C)cc2)n1. The summed E-state index contributed by atoms with van der Waals surface area (Å²) < 4.78 is 0. The molecule has 1 N–H and O–H groups in total. The van der Waals surface area contributed by atoms with E-state index >= 15 is 0 Å². The zero-order valence-electron chi connectivity index (χ0n) is 20.8. The van der Waals surface area contributed by atoms with E-state index in [9.17, 15) is 9.59 Å². The standard InChI is InChI=1S/C28H29ClN6O2/c1-3-25(28(37)30-17-21-9-5-4-6-10-21)34(18-23-11-7-8-12-24(23)29)26(36)19-35-32-27(31-33-35)22-15-13-20(2)14-16-22/h4-16,25H,3,17-19H2,1-2H3,(H,30,37)/t25-/m1/s1. The number of carbonyl (C=O) groups is 2. The van der Waals surface area contributed by atoms with E-state index < -0.39 is 6.04 Å². The first-order valence-corrected chi connectivity index (χ1v) is 12.5. The van der Waals surface area contributed by atoms with Crippen molar-refractivity contribution in [2.24, 2.45) is 0 Å². The summed E-state index contributed by atoms with van der Waals surface area (Å²) in [7, 11) is 0. The van der Waals surface area contributed by atoms with Crippen LogP contribution in [-0.4, -0.2) is 43.0 Å². The molecule has 8 nitrogen and oxygen atoms in total. The van der Waals surface area contributed by atoms with Crippen LogP contribution in [0.2, 0.25) is 5.02 Å². The van der Waals surface area contributed by atoms with Gasteiger partial charge in [0.1, 0.15) is 12.6 Å². The molecule has 0 radical (unpaired) electrons. The maximum atomic E-state index is 13.6. The fourth-order valence-corrected chi connectivity index (χ4v) is 4.17. The van der Waals surface area contributed by atoms with Crippen LogP contribution in [0.3, 0.4) is 0 Å². The monoisotopic (exact) mass is 516 g/mol. The van der Waals surface area contributed by atoms with E-state index in [4.69, 9.17) is 11.6 Å². The first-order chi connectivity index (χ1) is 17.9. The van der Waals surface area contributed by atoms with Gasteiger partial charge in [-0.2, -0.15) is 4.80 Å². The lowest BCUT2D eigenvalue weighted by Gasteiger charge is -2.30. The lowest BCUT2D eigenvalue weighted by molar-refractivity contribution is -0.142. The molecule has 190 valence electrons. The summed E-state index contributed by atoms with van der Waals surface area (Å²) in [6, 6.07) is 24.0. The summed E-state index contributed by atoms with van der Waals surface area (Å²) in [6.45, 7) is 4.26. The second kappa shape index (κ2) is 12.3. The van der Waals surface area contributed by atoms with Gasteiger partial charge < -0.3 is 10.2 Å². The van der Waals surface area contributed by atoms with Gasteiger partial charge in [0, 0.05) is 23.7 Å². The molecule has 0 spiro atoms. The third-order valence-corrected chi connectivity index (χ3v) is 6.40. The largest absolute Gasteiger partial charge is 0.350 e. The predicted octanol–water partition coefficient (Wildman–Crippen LogP) is 4.43. The number of amides is 2. The number of nitrogens with zero attached hydrogens (tertiary/aromatic N) is 5. The second-order valence-electron chi connectivity index (χ2n) is 8.75. The van der Waals surface area contributed by atoms with Crippen molar-refractivity contribution in [2.75, 3.05) is 0 Å². The molecule has 0 fully saturated rings. The number of aromatic nitrogens is 4. The number of tetrazole rings is 1. The first kappa shape index (κ1) is 26.0. The molecule has 2 amide bonds. The molecule has 1 aromatic heterocycles. The molecule has 0 saturated carbocycles. The molecule has 4 rings (SSSR count). The van der Waals surface area contributed by atoms with E-state index in [0.29, 0.717) is 23.8 Å². The molecular formula is C28H29ClN6O2. The lowest BCUT2D eigenvalue weighted by atomic mass is 10.1. The Morgan fingerprint density at radius 2 is 1.70 bits per heavy atom. The number of halogens is 1. The highest BCUT2D eigenvalue weighted by Crippen LogP contribution is 2.20. The van der Waals surface area contributed by atoms with Gasteiger partial charge in [-0.05, 0) is 35.8 Å².